The standard InChI is InChI=1S/C12H12N4O/c1-9-13-6-5-12(16-9)10-3-2-4-11(7-10)14-8-15-17/h2-8,17H,1H3,(H,14,15). The van der Waals surface area contributed by atoms with Crippen molar-refractivity contribution < 1.29 is 5.21 Å². The molecule has 2 N–H and O–H groups in total. The summed E-state index contributed by atoms with van der Waals surface area (Å²) in [6.07, 6.45) is 2.94. The van der Waals surface area contributed by atoms with Crippen molar-refractivity contribution in [1.82, 2.24) is 15.4 Å². The second-order valence-electron chi connectivity index (χ2n) is 3.43. The minimum absolute atomic E-state index is 0.730. The fourth-order valence-electron chi connectivity index (χ4n) is 1.47. The van der Waals surface area contributed by atoms with Crippen molar-refractivity contribution in [2.24, 2.45) is 4.99 Å². The second kappa shape index (κ2) is 5.18. The zero-order valence-corrected chi connectivity index (χ0v) is 9.33. The molecule has 0 fully saturated rings. The van der Waals surface area contributed by atoms with Crippen LogP contribution in [0.2, 0.25) is 0 Å². The first-order chi connectivity index (χ1) is 8.29. The molecule has 0 bridgehead atoms. The van der Waals surface area contributed by atoms with Gasteiger partial charge in [0.05, 0.1) is 11.4 Å². The molecule has 0 spiro atoms. The Labute approximate surface area is 98.9 Å². The van der Waals surface area contributed by atoms with E-state index in [0.717, 1.165) is 22.8 Å². The average Bonchev–Trinajstić information content (AvgIpc) is 2.37. The van der Waals surface area contributed by atoms with E-state index in [1.165, 1.54) is 6.34 Å². The normalized spacial score (nSPS) is 10.7. The van der Waals surface area contributed by atoms with Crippen molar-refractivity contribution in [3.63, 3.8) is 0 Å². The summed E-state index contributed by atoms with van der Waals surface area (Å²) >= 11 is 0. The highest BCUT2D eigenvalue weighted by molar-refractivity contribution is 5.66. The number of hydrogen-bond donors (Lipinski definition) is 2. The third kappa shape index (κ3) is 2.85. The van der Waals surface area contributed by atoms with Crippen molar-refractivity contribution in [3.05, 3.63) is 42.4 Å². The van der Waals surface area contributed by atoms with Crippen LogP contribution in [-0.4, -0.2) is 21.5 Å². The summed E-state index contributed by atoms with van der Waals surface area (Å²) in [4.78, 5) is 12.4. The molecule has 0 radical (unpaired) electrons. The Hall–Kier alpha value is -2.27. The molecule has 0 saturated heterocycles. The second-order valence-corrected chi connectivity index (χ2v) is 3.43. The number of rotatable bonds is 3. The molecule has 17 heavy (non-hydrogen) atoms. The van der Waals surface area contributed by atoms with E-state index >= 15 is 0 Å². The van der Waals surface area contributed by atoms with Gasteiger partial charge in [0.25, 0.3) is 0 Å². The van der Waals surface area contributed by atoms with Gasteiger partial charge in [0.2, 0.25) is 0 Å². The molecule has 2 aromatic rings. The van der Waals surface area contributed by atoms with Crippen LogP contribution in [0.1, 0.15) is 5.82 Å². The summed E-state index contributed by atoms with van der Waals surface area (Å²) in [7, 11) is 0. The molecular formula is C12H12N4O. The molecule has 2 rings (SSSR count). The topological polar surface area (TPSA) is 70.4 Å². The van der Waals surface area contributed by atoms with Crippen LogP contribution < -0.4 is 5.48 Å². The molecule has 1 heterocycles. The third-order valence-corrected chi connectivity index (χ3v) is 2.19. The smallest absolute Gasteiger partial charge is 0.125 e. The van der Waals surface area contributed by atoms with Crippen LogP contribution in [0.3, 0.4) is 0 Å². The Morgan fingerprint density at radius 2 is 2.24 bits per heavy atom. The largest absolute Gasteiger partial charge is 0.290 e. The van der Waals surface area contributed by atoms with Crippen LogP contribution in [0.5, 0.6) is 0 Å². The van der Waals surface area contributed by atoms with Gasteiger partial charge in [0, 0.05) is 11.8 Å². The van der Waals surface area contributed by atoms with Gasteiger partial charge in [-0.05, 0) is 25.1 Å². The fourth-order valence-corrected chi connectivity index (χ4v) is 1.47. The lowest BCUT2D eigenvalue weighted by molar-refractivity contribution is 0.240. The molecule has 0 aliphatic rings. The summed E-state index contributed by atoms with van der Waals surface area (Å²) in [6, 6.07) is 9.41. The van der Waals surface area contributed by atoms with Crippen LogP contribution in [-0.2, 0) is 0 Å². The number of aryl methyl sites for hydroxylation is 1. The van der Waals surface area contributed by atoms with Gasteiger partial charge in [-0.25, -0.2) is 15.0 Å². The average molecular weight is 228 g/mol. The number of benzene rings is 1. The molecule has 0 aliphatic heterocycles. The zero-order valence-electron chi connectivity index (χ0n) is 9.33. The van der Waals surface area contributed by atoms with E-state index in [1.807, 2.05) is 42.7 Å². The van der Waals surface area contributed by atoms with E-state index in [2.05, 4.69) is 15.0 Å². The van der Waals surface area contributed by atoms with Crippen molar-refractivity contribution in [2.75, 3.05) is 0 Å². The van der Waals surface area contributed by atoms with Crippen LogP contribution in [0.15, 0.2) is 41.5 Å². The summed E-state index contributed by atoms with van der Waals surface area (Å²) in [5.74, 6) is 0.730. The van der Waals surface area contributed by atoms with Gasteiger partial charge in [-0.1, -0.05) is 12.1 Å². The first-order valence-electron chi connectivity index (χ1n) is 5.12. The molecule has 0 unspecified atom stereocenters. The monoisotopic (exact) mass is 228 g/mol. The van der Waals surface area contributed by atoms with Crippen molar-refractivity contribution in [3.8, 4) is 11.3 Å². The molecule has 5 nitrogen and oxygen atoms in total. The molecule has 1 aromatic heterocycles. The first kappa shape index (κ1) is 11.2. The van der Waals surface area contributed by atoms with Crippen molar-refractivity contribution in [1.29, 1.82) is 0 Å². The Bertz CT molecular complexity index is 540. The van der Waals surface area contributed by atoms with E-state index in [1.54, 1.807) is 6.20 Å². The lowest BCUT2D eigenvalue weighted by Gasteiger charge is -2.02. The van der Waals surface area contributed by atoms with Gasteiger partial charge in [0.1, 0.15) is 12.2 Å². The minimum atomic E-state index is 0.730. The number of hydroxylamine groups is 1. The molecule has 0 aliphatic carbocycles. The Balaban J connectivity index is 2.36. The molecule has 0 amide bonds. The number of nitrogens with zero attached hydrogens (tertiary/aromatic N) is 3. The highest BCUT2D eigenvalue weighted by Crippen LogP contribution is 2.21. The molecular weight excluding hydrogens is 216 g/mol. The van der Waals surface area contributed by atoms with Crippen molar-refractivity contribution in [2.45, 2.75) is 6.92 Å². The lowest BCUT2D eigenvalue weighted by atomic mass is 10.1. The summed E-state index contributed by atoms with van der Waals surface area (Å²) in [5.41, 5.74) is 4.42. The molecule has 0 atom stereocenters. The molecule has 0 saturated carbocycles. The Kier molecular flexibility index (Phi) is 3.42. The van der Waals surface area contributed by atoms with Crippen LogP contribution in [0.4, 0.5) is 5.69 Å². The Morgan fingerprint density at radius 1 is 1.35 bits per heavy atom. The van der Waals surface area contributed by atoms with Crippen molar-refractivity contribution >= 4 is 12.0 Å². The maximum Gasteiger partial charge on any atom is 0.125 e. The Morgan fingerprint density at radius 3 is 3.00 bits per heavy atom. The first-order valence-corrected chi connectivity index (χ1v) is 5.12. The van der Waals surface area contributed by atoms with E-state index in [0.29, 0.717) is 0 Å². The van der Waals surface area contributed by atoms with Crippen LogP contribution in [0, 0.1) is 6.92 Å². The van der Waals surface area contributed by atoms with Gasteiger partial charge in [-0.3, -0.25) is 10.7 Å². The highest BCUT2D eigenvalue weighted by Gasteiger charge is 2.00. The predicted molar refractivity (Wildman–Crippen MR) is 65.3 cm³/mol. The quantitative estimate of drug-likeness (QED) is 0.479. The zero-order chi connectivity index (χ0) is 12.1. The van der Waals surface area contributed by atoms with Crippen LogP contribution in [0.25, 0.3) is 11.3 Å². The van der Waals surface area contributed by atoms with Gasteiger partial charge >= 0.3 is 0 Å². The van der Waals surface area contributed by atoms with E-state index in [9.17, 15) is 0 Å². The van der Waals surface area contributed by atoms with Crippen LogP contribution >= 0.6 is 0 Å². The highest BCUT2D eigenvalue weighted by atomic mass is 16.5. The minimum Gasteiger partial charge on any atom is -0.290 e. The molecule has 86 valence electrons. The fraction of sp³-hybridized carbons (Fsp3) is 0.0833. The number of aliphatic imine (C=N–C) groups is 1. The summed E-state index contributed by atoms with van der Waals surface area (Å²) < 4.78 is 0. The number of hydrogen-bond acceptors (Lipinski definition) is 4. The van der Waals surface area contributed by atoms with E-state index in [4.69, 9.17) is 5.21 Å². The van der Waals surface area contributed by atoms with E-state index in [-0.39, 0.29) is 0 Å². The SMILES string of the molecule is Cc1nccc(-c2cccc(N=CNO)c2)n1. The third-order valence-electron chi connectivity index (χ3n) is 2.19. The van der Waals surface area contributed by atoms with Gasteiger partial charge in [-0.15, -0.1) is 0 Å². The van der Waals surface area contributed by atoms with Gasteiger partial charge in [-0.2, -0.15) is 0 Å². The van der Waals surface area contributed by atoms with E-state index < -0.39 is 0 Å². The number of aromatic nitrogens is 2. The van der Waals surface area contributed by atoms with Gasteiger partial charge < -0.3 is 0 Å². The predicted octanol–water partition coefficient (Wildman–Crippen LogP) is 2.09. The maximum absolute atomic E-state index is 8.43. The van der Waals surface area contributed by atoms with Gasteiger partial charge in [0.15, 0.2) is 0 Å². The molecule has 1 aromatic carbocycles. The number of nitrogens with one attached hydrogen (secondary N) is 1. The summed E-state index contributed by atoms with van der Waals surface area (Å²) in [5, 5.41) is 8.43. The maximum atomic E-state index is 8.43. The lowest BCUT2D eigenvalue weighted by Crippen LogP contribution is -2.00. The molecule has 5 heteroatoms. The summed E-state index contributed by atoms with van der Waals surface area (Å²) in [6.45, 7) is 1.85.